The molecule has 0 aromatic carbocycles. The summed E-state index contributed by atoms with van der Waals surface area (Å²) >= 11 is 11.1. The molecule has 0 atom stereocenters. The van der Waals surface area contributed by atoms with E-state index in [2.05, 4.69) is 25.3 Å². The van der Waals surface area contributed by atoms with Gasteiger partial charge in [-0.3, -0.25) is 0 Å². The molecular weight excluding hydrogens is 557 g/mol. The molecular formula is C10H16IN2O2S4Sb. The summed E-state index contributed by atoms with van der Waals surface area (Å²) in [4.78, 5) is 20.7. The van der Waals surface area contributed by atoms with Crippen molar-refractivity contribution in [2.45, 2.75) is 25.7 Å². The van der Waals surface area contributed by atoms with Crippen LogP contribution in [0.5, 0.6) is 0 Å². The van der Waals surface area contributed by atoms with Crippen LogP contribution in [0.15, 0.2) is 0 Å². The fourth-order valence-corrected chi connectivity index (χ4v) is 3.71. The van der Waals surface area contributed by atoms with E-state index in [0.29, 0.717) is 0 Å². The molecule has 2 heterocycles. The summed E-state index contributed by atoms with van der Waals surface area (Å²) in [5.74, 6) is 0. The molecule has 0 bridgehead atoms. The number of hydrogen-bond acceptors (Lipinski definition) is 8. The Balaban J connectivity index is 0. The number of carbonyl (C=O) groups is 2. The molecule has 0 spiro atoms. The first-order chi connectivity index (χ1) is 8.58. The van der Waals surface area contributed by atoms with Crippen LogP contribution in [0.1, 0.15) is 25.7 Å². The SMILES string of the molecule is O=C([S-])SN1CCCC1.O=C([S-])SN1CCCC1.[I-].[Sb+3]. The van der Waals surface area contributed by atoms with Gasteiger partial charge in [0.2, 0.25) is 0 Å². The zero-order valence-electron chi connectivity index (χ0n) is 10.8. The third-order valence-corrected chi connectivity index (χ3v) is 4.53. The van der Waals surface area contributed by atoms with E-state index in [1.54, 1.807) is 0 Å². The van der Waals surface area contributed by atoms with Gasteiger partial charge in [0.25, 0.3) is 0 Å². The summed E-state index contributed by atoms with van der Waals surface area (Å²) in [5.41, 5.74) is 0. The van der Waals surface area contributed by atoms with Gasteiger partial charge in [0.05, 0.1) is 8.89 Å². The predicted octanol–water partition coefficient (Wildman–Crippen LogP) is -0.582. The quantitative estimate of drug-likeness (QED) is 0.188. The fourth-order valence-electron chi connectivity index (χ4n) is 1.77. The third-order valence-electron chi connectivity index (χ3n) is 2.54. The van der Waals surface area contributed by atoms with Crippen LogP contribution in [-0.4, -0.2) is 68.1 Å². The zero-order chi connectivity index (χ0) is 13.4. The van der Waals surface area contributed by atoms with Crippen molar-refractivity contribution in [1.29, 1.82) is 0 Å². The van der Waals surface area contributed by atoms with Gasteiger partial charge in [0, 0.05) is 26.2 Å². The van der Waals surface area contributed by atoms with E-state index in [1.807, 2.05) is 8.61 Å². The zero-order valence-corrected chi connectivity index (χ0v) is 18.8. The molecule has 114 valence electrons. The predicted molar refractivity (Wildman–Crippen MR) is 88.1 cm³/mol. The van der Waals surface area contributed by atoms with E-state index < -0.39 is 0 Å². The minimum Gasteiger partial charge on any atom is -1.00 e. The summed E-state index contributed by atoms with van der Waals surface area (Å²) in [6, 6.07) is 0. The first kappa shape index (κ1) is 24.2. The smallest absolute Gasteiger partial charge is 1.00 e. The van der Waals surface area contributed by atoms with E-state index >= 15 is 0 Å². The molecule has 2 aliphatic heterocycles. The minimum atomic E-state index is -0.211. The molecule has 0 aliphatic carbocycles. The molecule has 2 aliphatic rings. The maximum Gasteiger partial charge on any atom is 3.00 e. The second kappa shape index (κ2) is 14.5. The van der Waals surface area contributed by atoms with Crippen LogP contribution in [0.3, 0.4) is 0 Å². The largest absolute Gasteiger partial charge is 3.00 e. The van der Waals surface area contributed by atoms with E-state index in [9.17, 15) is 9.59 Å². The van der Waals surface area contributed by atoms with Crippen molar-refractivity contribution in [3.63, 3.8) is 0 Å². The van der Waals surface area contributed by atoms with Gasteiger partial charge in [-0.05, 0) is 49.6 Å². The summed E-state index contributed by atoms with van der Waals surface area (Å²) in [5, 5.41) is 0. The average Bonchev–Trinajstić information content (AvgIpc) is 2.90. The van der Waals surface area contributed by atoms with Crippen molar-refractivity contribution in [3.05, 3.63) is 0 Å². The standard InChI is InChI=1S/2C5H9NOS2.HI.Sb/c2*7-5(8)9-6-3-1-2-4-6;;/h2*1-4H2,(H,7,8);1H;/q;;;+3/p-3. The van der Waals surface area contributed by atoms with Crippen LogP contribution in [0.2, 0.25) is 0 Å². The Morgan fingerprint density at radius 3 is 1.20 bits per heavy atom. The summed E-state index contributed by atoms with van der Waals surface area (Å²) in [7, 11) is 0. The summed E-state index contributed by atoms with van der Waals surface area (Å²) in [6.07, 6.45) is 4.82. The molecule has 2 fully saturated rings. The Bertz CT molecular complexity index is 262. The average molecular weight is 573 g/mol. The fraction of sp³-hybridized carbons (Fsp3) is 0.800. The molecule has 2 saturated heterocycles. The number of carbonyl (C=O) groups excluding carboxylic acids is 2. The van der Waals surface area contributed by atoms with Crippen LogP contribution >= 0.6 is 23.9 Å². The van der Waals surface area contributed by atoms with Crippen LogP contribution in [-0.2, 0) is 25.3 Å². The monoisotopic (exact) mass is 572 g/mol. The first-order valence-electron chi connectivity index (χ1n) is 5.85. The topological polar surface area (TPSA) is 40.6 Å². The van der Waals surface area contributed by atoms with E-state index in [1.165, 1.54) is 49.6 Å². The van der Waals surface area contributed by atoms with Crippen LogP contribution in [0, 0.1) is 0 Å². The van der Waals surface area contributed by atoms with E-state index in [4.69, 9.17) is 0 Å². The Kier molecular flexibility index (Phi) is 17.6. The van der Waals surface area contributed by atoms with E-state index in [0.717, 1.165) is 26.2 Å². The molecule has 0 aromatic rings. The van der Waals surface area contributed by atoms with Gasteiger partial charge >= 0.3 is 24.4 Å². The van der Waals surface area contributed by atoms with Crippen LogP contribution in [0.4, 0.5) is 9.59 Å². The molecule has 4 nitrogen and oxygen atoms in total. The van der Waals surface area contributed by atoms with Gasteiger partial charge in [0.1, 0.15) is 0 Å². The normalized spacial score (nSPS) is 18.4. The molecule has 20 heavy (non-hydrogen) atoms. The third kappa shape index (κ3) is 12.5. The van der Waals surface area contributed by atoms with E-state index in [-0.39, 0.29) is 57.3 Å². The number of nitrogens with zero attached hydrogens (tertiary/aromatic N) is 2. The van der Waals surface area contributed by atoms with Crippen molar-refractivity contribution in [2.24, 2.45) is 0 Å². The van der Waals surface area contributed by atoms with Crippen molar-refractivity contribution in [2.75, 3.05) is 26.2 Å². The Hall–Kier alpha value is 1.95. The van der Waals surface area contributed by atoms with Crippen molar-refractivity contribution in [1.82, 2.24) is 8.61 Å². The molecule has 2 radical (unpaired) electrons. The molecule has 10 heteroatoms. The van der Waals surface area contributed by atoms with Crippen LogP contribution < -0.4 is 24.0 Å². The molecule has 2 rings (SSSR count). The second-order valence-corrected chi connectivity index (χ2v) is 7.35. The summed E-state index contributed by atoms with van der Waals surface area (Å²) < 4.78 is 3.62. The van der Waals surface area contributed by atoms with Gasteiger partial charge in [0.15, 0.2) is 0 Å². The molecule has 0 saturated carbocycles. The van der Waals surface area contributed by atoms with Crippen molar-refractivity contribution < 1.29 is 33.6 Å². The van der Waals surface area contributed by atoms with Gasteiger partial charge in [-0.15, -0.1) is 0 Å². The van der Waals surface area contributed by atoms with Crippen molar-refractivity contribution >= 4 is 82.5 Å². The molecule has 0 unspecified atom stereocenters. The molecule has 0 N–H and O–H groups in total. The number of hydrogen-bond donors (Lipinski definition) is 0. The maximum absolute atomic E-state index is 10.3. The Morgan fingerprint density at radius 2 is 1.00 bits per heavy atom. The Morgan fingerprint density at radius 1 is 0.750 bits per heavy atom. The minimum absolute atomic E-state index is 0. The van der Waals surface area contributed by atoms with Gasteiger partial charge < -0.3 is 58.8 Å². The van der Waals surface area contributed by atoms with Crippen LogP contribution in [0.25, 0.3) is 0 Å². The second-order valence-electron chi connectivity index (χ2n) is 3.95. The van der Waals surface area contributed by atoms with Gasteiger partial charge in [-0.1, -0.05) is 0 Å². The summed E-state index contributed by atoms with van der Waals surface area (Å²) in [6.45, 7) is 4.08. The number of rotatable bonds is 2. The molecule has 0 aromatic heterocycles. The first-order valence-corrected chi connectivity index (χ1v) is 8.22. The molecule has 0 amide bonds. The van der Waals surface area contributed by atoms with Crippen molar-refractivity contribution in [3.8, 4) is 0 Å². The number of halogens is 1. The maximum atomic E-state index is 10.3. The van der Waals surface area contributed by atoms with Gasteiger partial charge in [-0.25, -0.2) is 8.61 Å². The van der Waals surface area contributed by atoms with Gasteiger partial charge in [-0.2, -0.15) is 0 Å². The Labute approximate surface area is 174 Å².